The number of azo groups is 2. The standard InChI is InChI=1S/C22H23N5O3S.C6H15NO3/c1-3-27(4-2)21-13-9-19(10-14-21)25-23-17-5-7-18(8-6-17)24-26-20-11-15-22(16-12-20)31(28,29)30;8-4-1-7(2-5-9)3-6-10/h5-16H,3-4H2,1-2H3,(H,28,29,30);8-10H,1-6H2. The molecule has 0 fully saturated rings. The van der Waals surface area contributed by atoms with E-state index in [0.717, 1.165) is 24.5 Å². The molecule has 0 amide bonds. The third-order valence-corrected chi connectivity index (χ3v) is 6.64. The molecule has 0 bridgehead atoms. The van der Waals surface area contributed by atoms with Crippen molar-refractivity contribution >= 4 is 38.6 Å². The van der Waals surface area contributed by atoms with Crippen LogP contribution in [-0.2, 0) is 10.1 Å². The van der Waals surface area contributed by atoms with Gasteiger partial charge in [0, 0.05) is 38.4 Å². The Balaban J connectivity index is 0.000000503. The largest absolute Gasteiger partial charge is 0.395 e. The Bertz CT molecular complexity index is 1300. The molecule has 0 aliphatic carbocycles. The Hall–Kier alpha value is -3.59. The predicted molar refractivity (Wildman–Crippen MR) is 159 cm³/mol. The highest BCUT2D eigenvalue weighted by atomic mass is 32.2. The Kier molecular flexibility index (Phi) is 14.7. The molecule has 0 heterocycles. The molecule has 12 nitrogen and oxygen atoms in total. The van der Waals surface area contributed by atoms with Crippen LogP contribution in [0.5, 0.6) is 0 Å². The number of aliphatic hydroxyl groups is 3. The van der Waals surface area contributed by atoms with E-state index in [2.05, 4.69) is 39.2 Å². The lowest BCUT2D eigenvalue weighted by Gasteiger charge is -2.20. The number of benzene rings is 3. The molecule has 0 aliphatic heterocycles. The van der Waals surface area contributed by atoms with Crippen LogP contribution in [0.1, 0.15) is 13.8 Å². The smallest absolute Gasteiger partial charge is 0.294 e. The quantitative estimate of drug-likeness (QED) is 0.153. The first-order valence-corrected chi connectivity index (χ1v) is 14.6. The van der Waals surface area contributed by atoms with E-state index in [4.69, 9.17) is 19.9 Å². The fourth-order valence-corrected chi connectivity index (χ4v) is 4.06. The van der Waals surface area contributed by atoms with Gasteiger partial charge in [-0.1, -0.05) is 0 Å². The van der Waals surface area contributed by atoms with E-state index >= 15 is 0 Å². The third-order valence-electron chi connectivity index (χ3n) is 5.77. The van der Waals surface area contributed by atoms with Gasteiger partial charge in [-0.15, -0.1) is 0 Å². The van der Waals surface area contributed by atoms with E-state index in [-0.39, 0.29) is 24.7 Å². The van der Waals surface area contributed by atoms with E-state index in [9.17, 15) is 8.42 Å². The molecule has 0 unspecified atom stereocenters. The van der Waals surface area contributed by atoms with Crippen molar-refractivity contribution < 1.29 is 28.3 Å². The number of nitrogens with zero attached hydrogens (tertiary/aromatic N) is 6. The van der Waals surface area contributed by atoms with E-state index in [0.29, 0.717) is 36.7 Å². The maximum Gasteiger partial charge on any atom is 0.294 e. The predicted octanol–water partition coefficient (Wildman–Crippen LogP) is 4.88. The summed E-state index contributed by atoms with van der Waals surface area (Å²) >= 11 is 0. The first-order valence-electron chi connectivity index (χ1n) is 13.1. The zero-order valence-electron chi connectivity index (χ0n) is 23.3. The Labute approximate surface area is 241 Å². The van der Waals surface area contributed by atoms with Crippen LogP contribution in [0.4, 0.5) is 28.4 Å². The van der Waals surface area contributed by atoms with Crippen molar-refractivity contribution in [2.24, 2.45) is 20.5 Å². The van der Waals surface area contributed by atoms with Crippen molar-refractivity contribution in [2.75, 3.05) is 57.4 Å². The molecule has 0 aliphatic rings. The first kappa shape index (κ1) is 33.6. The molecule has 0 radical (unpaired) electrons. The topological polar surface area (TPSA) is 171 Å². The Morgan fingerprint density at radius 3 is 1.20 bits per heavy atom. The molecule has 0 aromatic heterocycles. The zero-order valence-corrected chi connectivity index (χ0v) is 24.1. The molecule has 222 valence electrons. The number of hydrogen-bond donors (Lipinski definition) is 4. The van der Waals surface area contributed by atoms with Gasteiger partial charge in [0.2, 0.25) is 0 Å². The molecule has 3 rings (SSSR count). The maximum absolute atomic E-state index is 11.0. The molecular weight excluding hydrogens is 548 g/mol. The second kappa shape index (κ2) is 18.0. The molecule has 3 aromatic carbocycles. The van der Waals surface area contributed by atoms with Crippen LogP contribution in [0.2, 0.25) is 0 Å². The summed E-state index contributed by atoms with van der Waals surface area (Å²) in [5, 5.41) is 42.1. The Morgan fingerprint density at radius 2 is 0.902 bits per heavy atom. The van der Waals surface area contributed by atoms with E-state index in [1.807, 2.05) is 24.3 Å². The number of hydrogen-bond acceptors (Lipinski definition) is 11. The molecule has 0 spiro atoms. The molecule has 3 aromatic rings. The zero-order chi connectivity index (χ0) is 30.1. The number of anilines is 1. The molecule has 0 saturated heterocycles. The summed E-state index contributed by atoms with van der Waals surface area (Å²) < 4.78 is 31.1. The molecule has 0 saturated carbocycles. The summed E-state index contributed by atoms with van der Waals surface area (Å²) in [6, 6.07) is 20.5. The minimum Gasteiger partial charge on any atom is -0.395 e. The highest BCUT2D eigenvalue weighted by Gasteiger charge is 2.08. The van der Waals surface area contributed by atoms with Gasteiger partial charge in [-0.05, 0) is 86.6 Å². The number of rotatable bonds is 14. The molecule has 41 heavy (non-hydrogen) atoms. The average Bonchev–Trinajstić information content (AvgIpc) is 2.97. The maximum atomic E-state index is 11.0. The first-order chi connectivity index (χ1) is 19.7. The van der Waals surface area contributed by atoms with Gasteiger partial charge < -0.3 is 20.2 Å². The summed E-state index contributed by atoms with van der Waals surface area (Å²) in [5.41, 5.74) is 3.69. The van der Waals surface area contributed by atoms with Gasteiger partial charge >= 0.3 is 0 Å². The second-order valence-corrected chi connectivity index (χ2v) is 10.0. The van der Waals surface area contributed by atoms with Crippen LogP contribution >= 0.6 is 0 Å². The van der Waals surface area contributed by atoms with Gasteiger partial charge in [-0.2, -0.15) is 28.9 Å². The molecule has 0 atom stereocenters. The second-order valence-electron chi connectivity index (χ2n) is 8.59. The highest BCUT2D eigenvalue weighted by Crippen LogP contribution is 2.25. The molecule has 4 N–H and O–H groups in total. The molecule has 13 heteroatoms. The summed E-state index contributed by atoms with van der Waals surface area (Å²) in [6.45, 7) is 7.91. The van der Waals surface area contributed by atoms with Crippen molar-refractivity contribution in [3.63, 3.8) is 0 Å². The Morgan fingerprint density at radius 1 is 0.585 bits per heavy atom. The highest BCUT2D eigenvalue weighted by molar-refractivity contribution is 7.85. The lowest BCUT2D eigenvalue weighted by atomic mass is 10.2. The lowest BCUT2D eigenvalue weighted by molar-refractivity contribution is 0.136. The monoisotopic (exact) mass is 586 g/mol. The van der Waals surface area contributed by atoms with E-state index in [1.165, 1.54) is 24.3 Å². The van der Waals surface area contributed by atoms with E-state index in [1.54, 1.807) is 29.2 Å². The average molecular weight is 587 g/mol. The van der Waals surface area contributed by atoms with Crippen LogP contribution in [0.3, 0.4) is 0 Å². The molecular formula is C28H38N6O6S. The van der Waals surface area contributed by atoms with Crippen LogP contribution < -0.4 is 4.90 Å². The van der Waals surface area contributed by atoms with Crippen molar-refractivity contribution in [1.29, 1.82) is 0 Å². The summed E-state index contributed by atoms with van der Waals surface area (Å²) in [6.07, 6.45) is 0. The summed E-state index contributed by atoms with van der Waals surface area (Å²) in [7, 11) is -4.22. The van der Waals surface area contributed by atoms with Crippen LogP contribution in [0.25, 0.3) is 0 Å². The summed E-state index contributed by atoms with van der Waals surface area (Å²) in [4.78, 5) is 3.86. The fourth-order valence-electron chi connectivity index (χ4n) is 3.58. The third kappa shape index (κ3) is 12.2. The van der Waals surface area contributed by atoms with Gasteiger partial charge in [0.15, 0.2) is 0 Å². The van der Waals surface area contributed by atoms with Gasteiger partial charge in [-0.3, -0.25) is 9.45 Å². The summed E-state index contributed by atoms with van der Waals surface area (Å²) in [5.74, 6) is 0. The normalized spacial score (nSPS) is 11.7. The van der Waals surface area contributed by atoms with Crippen LogP contribution in [0, 0.1) is 0 Å². The van der Waals surface area contributed by atoms with E-state index < -0.39 is 10.1 Å². The van der Waals surface area contributed by atoms with Crippen molar-refractivity contribution in [3.8, 4) is 0 Å². The SMILES string of the molecule is CCN(CC)c1ccc(N=Nc2ccc(N=Nc3ccc(S(=O)(=O)O)cc3)cc2)cc1.OCCN(CCO)CCO. The minimum absolute atomic E-state index is 0.0694. The van der Waals surface area contributed by atoms with Crippen molar-refractivity contribution in [1.82, 2.24) is 4.90 Å². The fraction of sp³-hybridized carbons (Fsp3) is 0.357. The van der Waals surface area contributed by atoms with Crippen molar-refractivity contribution in [3.05, 3.63) is 72.8 Å². The minimum atomic E-state index is -4.22. The van der Waals surface area contributed by atoms with Gasteiger partial charge in [0.25, 0.3) is 10.1 Å². The van der Waals surface area contributed by atoms with Crippen LogP contribution in [-0.4, -0.2) is 85.7 Å². The van der Waals surface area contributed by atoms with Gasteiger partial charge in [-0.25, -0.2) is 0 Å². The van der Waals surface area contributed by atoms with Crippen molar-refractivity contribution in [2.45, 2.75) is 18.7 Å². The number of aliphatic hydroxyl groups excluding tert-OH is 3. The lowest BCUT2D eigenvalue weighted by Crippen LogP contribution is -2.32. The van der Waals surface area contributed by atoms with Gasteiger partial charge in [0.1, 0.15) is 0 Å². The van der Waals surface area contributed by atoms with Crippen LogP contribution in [0.15, 0.2) is 98.1 Å². The van der Waals surface area contributed by atoms with Gasteiger partial charge in [0.05, 0.1) is 47.5 Å².